The maximum Gasteiger partial charge on any atom is 0.165 e. The monoisotopic (exact) mass is 368 g/mol. The summed E-state index contributed by atoms with van der Waals surface area (Å²) in [4.78, 5) is 14.0. The summed E-state index contributed by atoms with van der Waals surface area (Å²) in [6, 6.07) is 9.53. The van der Waals surface area contributed by atoms with Gasteiger partial charge < -0.3 is 20.0 Å². The minimum absolute atomic E-state index is 0.00605. The zero-order chi connectivity index (χ0) is 19.0. The molecule has 6 nitrogen and oxygen atoms in total. The normalized spacial score (nSPS) is 26.0. The van der Waals surface area contributed by atoms with Crippen LogP contribution in [0.15, 0.2) is 30.3 Å². The number of rotatable bonds is 3. The molecule has 2 saturated heterocycles. The van der Waals surface area contributed by atoms with Crippen molar-refractivity contribution in [3.63, 3.8) is 0 Å². The summed E-state index contributed by atoms with van der Waals surface area (Å²) in [5.41, 5.74) is 1.54. The molecule has 0 aliphatic carbocycles. The number of hydrogen-bond donors (Lipinski definition) is 2. The molecular formula is C21H28N4O2. The third kappa shape index (κ3) is 3.28. The van der Waals surface area contributed by atoms with E-state index in [1.807, 2.05) is 25.1 Å². The predicted octanol–water partition coefficient (Wildman–Crippen LogP) is 2.44. The van der Waals surface area contributed by atoms with Gasteiger partial charge >= 0.3 is 0 Å². The van der Waals surface area contributed by atoms with E-state index in [1.54, 1.807) is 12.1 Å². The van der Waals surface area contributed by atoms with E-state index in [0.29, 0.717) is 17.4 Å². The highest BCUT2D eigenvalue weighted by Crippen LogP contribution is 2.42. The summed E-state index contributed by atoms with van der Waals surface area (Å²) < 4.78 is 0. The molecule has 3 heterocycles. The Hall–Kier alpha value is -2.18. The van der Waals surface area contributed by atoms with Crippen LogP contribution in [0.1, 0.15) is 25.0 Å². The minimum Gasteiger partial charge on any atom is -0.507 e. The lowest BCUT2D eigenvalue weighted by molar-refractivity contribution is -0.0277. The van der Waals surface area contributed by atoms with Gasteiger partial charge in [-0.05, 0) is 51.9 Å². The molecule has 4 rings (SSSR count). The number of likely N-dealkylation sites (N-methyl/N-ethyl adjacent to an activating group) is 1. The first-order valence-corrected chi connectivity index (χ1v) is 9.72. The van der Waals surface area contributed by atoms with Crippen LogP contribution in [0, 0.1) is 12.3 Å². The number of piperidine rings is 2. The number of aryl methyl sites for hydroxylation is 1. The van der Waals surface area contributed by atoms with E-state index >= 15 is 0 Å². The third-order valence-corrected chi connectivity index (χ3v) is 6.32. The van der Waals surface area contributed by atoms with Crippen molar-refractivity contribution >= 4 is 5.82 Å². The summed E-state index contributed by atoms with van der Waals surface area (Å²) in [6.07, 6.45) is 3.21. The molecule has 6 heteroatoms. The van der Waals surface area contributed by atoms with Crippen molar-refractivity contribution in [1.82, 2.24) is 14.9 Å². The SMILES string of the molecule is Cc1cc(N2CC[C@@]3(CO)CCCN(C)[C@@H]3C2)nc(-c2ccccc2O)n1. The van der Waals surface area contributed by atoms with Gasteiger partial charge in [0.15, 0.2) is 5.82 Å². The fourth-order valence-corrected chi connectivity index (χ4v) is 4.72. The molecule has 2 aliphatic heterocycles. The lowest BCUT2D eigenvalue weighted by Crippen LogP contribution is -2.61. The summed E-state index contributed by atoms with van der Waals surface area (Å²) in [5.74, 6) is 1.64. The van der Waals surface area contributed by atoms with Crippen LogP contribution in [0.2, 0.25) is 0 Å². The van der Waals surface area contributed by atoms with Crippen molar-refractivity contribution in [2.45, 2.75) is 32.2 Å². The summed E-state index contributed by atoms with van der Waals surface area (Å²) >= 11 is 0. The first kappa shape index (κ1) is 18.2. The second-order valence-corrected chi connectivity index (χ2v) is 8.02. The van der Waals surface area contributed by atoms with Crippen molar-refractivity contribution in [2.75, 3.05) is 38.2 Å². The molecule has 0 saturated carbocycles. The van der Waals surface area contributed by atoms with Crippen LogP contribution < -0.4 is 4.90 Å². The summed E-state index contributed by atoms with van der Waals surface area (Å²) in [7, 11) is 2.16. The number of aliphatic hydroxyl groups excluding tert-OH is 1. The molecule has 2 atom stereocenters. The molecule has 1 aromatic heterocycles. The molecule has 0 unspecified atom stereocenters. The van der Waals surface area contributed by atoms with Crippen LogP contribution in [0.5, 0.6) is 5.75 Å². The van der Waals surface area contributed by atoms with E-state index in [0.717, 1.165) is 50.4 Å². The van der Waals surface area contributed by atoms with Crippen LogP contribution in [0.3, 0.4) is 0 Å². The van der Waals surface area contributed by atoms with Crippen molar-refractivity contribution in [3.05, 3.63) is 36.0 Å². The number of fused-ring (bicyclic) bond motifs is 1. The zero-order valence-corrected chi connectivity index (χ0v) is 16.1. The molecule has 0 amide bonds. The fourth-order valence-electron chi connectivity index (χ4n) is 4.72. The Bertz CT molecular complexity index is 828. The number of aromatic hydroxyl groups is 1. The predicted molar refractivity (Wildman–Crippen MR) is 106 cm³/mol. The average Bonchev–Trinajstić information content (AvgIpc) is 2.68. The topological polar surface area (TPSA) is 72.7 Å². The van der Waals surface area contributed by atoms with Crippen LogP contribution in [0.25, 0.3) is 11.4 Å². The zero-order valence-electron chi connectivity index (χ0n) is 16.1. The second kappa shape index (κ2) is 7.09. The highest BCUT2D eigenvalue weighted by Gasteiger charge is 2.46. The van der Waals surface area contributed by atoms with E-state index in [4.69, 9.17) is 4.98 Å². The van der Waals surface area contributed by atoms with Crippen molar-refractivity contribution in [1.29, 1.82) is 0 Å². The Morgan fingerprint density at radius 1 is 1.19 bits per heavy atom. The molecular weight excluding hydrogens is 340 g/mol. The van der Waals surface area contributed by atoms with Crippen LogP contribution in [0.4, 0.5) is 5.82 Å². The number of para-hydroxylation sites is 1. The van der Waals surface area contributed by atoms with Gasteiger partial charge in [-0.3, -0.25) is 0 Å². The average molecular weight is 368 g/mol. The van der Waals surface area contributed by atoms with Gasteiger partial charge in [-0.25, -0.2) is 9.97 Å². The Morgan fingerprint density at radius 3 is 2.78 bits per heavy atom. The first-order chi connectivity index (χ1) is 13.0. The molecule has 144 valence electrons. The van der Waals surface area contributed by atoms with Gasteiger partial charge in [0.1, 0.15) is 11.6 Å². The minimum atomic E-state index is 0.00605. The highest BCUT2D eigenvalue weighted by molar-refractivity contribution is 5.65. The van der Waals surface area contributed by atoms with E-state index in [9.17, 15) is 10.2 Å². The third-order valence-electron chi connectivity index (χ3n) is 6.32. The fraction of sp³-hybridized carbons (Fsp3) is 0.524. The molecule has 2 aliphatic rings. The van der Waals surface area contributed by atoms with E-state index < -0.39 is 0 Å². The van der Waals surface area contributed by atoms with E-state index in [-0.39, 0.29) is 17.8 Å². The largest absolute Gasteiger partial charge is 0.507 e. The second-order valence-electron chi connectivity index (χ2n) is 8.02. The lowest BCUT2D eigenvalue weighted by atomic mass is 9.69. The number of aliphatic hydroxyl groups is 1. The Balaban J connectivity index is 1.65. The Labute approximate surface area is 160 Å². The quantitative estimate of drug-likeness (QED) is 0.867. The van der Waals surface area contributed by atoms with Crippen molar-refractivity contribution < 1.29 is 10.2 Å². The number of benzene rings is 1. The molecule has 0 radical (unpaired) electrons. The Kier molecular flexibility index (Phi) is 4.78. The summed E-state index contributed by atoms with van der Waals surface area (Å²) in [6.45, 7) is 5.02. The van der Waals surface area contributed by atoms with Crippen molar-refractivity contribution in [3.8, 4) is 17.1 Å². The smallest absolute Gasteiger partial charge is 0.165 e. The Morgan fingerprint density at radius 2 is 2.00 bits per heavy atom. The van der Waals surface area contributed by atoms with Gasteiger partial charge in [0.25, 0.3) is 0 Å². The summed E-state index contributed by atoms with van der Waals surface area (Å²) in [5, 5.41) is 20.3. The van der Waals surface area contributed by atoms with Gasteiger partial charge in [0.05, 0.1) is 12.2 Å². The first-order valence-electron chi connectivity index (χ1n) is 9.72. The standard InChI is InChI=1S/C21H28N4O2/c1-15-12-19(23-20(22-15)16-6-3-4-7-17(16)27)25-11-9-21(14-26)8-5-10-24(2)18(21)13-25/h3-4,6-7,12,18,26-27H,5,8-11,13-14H2,1-2H3/t18-,21-/m1/s1. The number of aromatic nitrogens is 2. The van der Waals surface area contributed by atoms with E-state index in [2.05, 4.69) is 21.8 Å². The highest BCUT2D eigenvalue weighted by atomic mass is 16.3. The lowest BCUT2D eigenvalue weighted by Gasteiger charge is -2.53. The number of nitrogens with zero attached hydrogens (tertiary/aromatic N) is 4. The number of phenolic OH excluding ortho intramolecular Hbond substituents is 1. The van der Waals surface area contributed by atoms with Gasteiger partial charge in [-0.15, -0.1) is 0 Å². The molecule has 2 fully saturated rings. The number of phenols is 1. The van der Waals surface area contributed by atoms with E-state index in [1.165, 1.54) is 0 Å². The number of likely N-dealkylation sites (tertiary alicyclic amines) is 1. The van der Waals surface area contributed by atoms with Gasteiger partial charge in [-0.1, -0.05) is 12.1 Å². The van der Waals surface area contributed by atoms with Gasteiger partial charge in [0, 0.05) is 36.3 Å². The van der Waals surface area contributed by atoms with Crippen molar-refractivity contribution in [2.24, 2.45) is 5.41 Å². The molecule has 2 aromatic rings. The van der Waals surface area contributed by atoms with Gasteiger partial charge in [-0.2, -0.15) is 0 Å². The van der Waals surface area contributed by atoms with Crippen LogP contribution in [-0.4, -0.2) is 64.4 Å². The molecule has 1 aromatic carbocycles. The number of hydrogen-bond acceptors (Lipinski definition) is 6. The molecule has 27 heavy (non-hydrogen) atoms. The molecule has 0 spiro atoms. The molecule has 0 bridgehead atoms. The van der Waals surface area contributed by atoms with Crippen LogP contribution >= 0.6 is 0 Å². The molecule has 2 N–H and O–H groups in total. The van der Waals surface area contributed by atoms with Gasteiger partial charge in [0.2, 0.25) is 0 Å². The maximum atomic E-state index is 10.2. The number of anilines is 1. The maximum absolute atomic E-state index is 10.2. The van der Waals surface area contributed by atoms with Crippen LogP contribution in [-0.2, 0) is 0 Å².